The summed E-state index contributed by atoms with van der Waals surface area (Å²) < 4.78 is 32.6. The normalized spacial score (nSPS) is 20.7. The van der Waals surface area contributed by atoms with E-state index in [9.17, 15) is 13.9 Å². The lowest BCUT2D eigenvalue weighted by atomic mass is 9.93. The van der Waals surface area contributed by atoms with Gasteiger partial charge in [0.2, 0.25) is 0 Å². The van der Waals surface area contributed by atoms with Crippen LogP contribution in [0.1, 0.15) is 29.7 Å². The summed E-state index contributed by atoms with van der Waals surface area (Å²) in [5.74, 6) is -0.625. The van der Waals surface area contributed by atoms with Crippen molar-refractivity contribution in [1.82, 2.24) is 5.32 Å². The number of ether oxygens (including phenoxy) is 1. The van der Waals surface area contributed by atoms with Crippen LogP contribution in [0, 0.1) is 11.6 Å². The quantitative estimate of drug-likeness (QED) is 0.890. The number of benzene rings is 2. The first-order valence-electron chi connectivity index (χ1n) is 6.69. The van der Waals surface area contributed by atoms with E-state index in [4.69, 9.17) is 4.74 Å². The lowest BCUT2D eigenvalue weighted by Crippen LogP contribution is -2.26. The molecular weight excluding hydrogens is 276 g/mol. The molecule has 1 heterocycles. The van der Waals surface area contributed by atoms with Crippen LogP contribution in [0.5, 0.6) is 11.5 Å². The molecule has 3 rings (SSSR count). The fourth-order valence-electron chi connectivity index (χ4n) is 2.70. The van der Waals surface area contributed by atoms with Gasteiger partial charge in [0, 0.05) is 30.2 Å². The number of fused-ring (bicyclic) bond motifs is 1. The molecule has 0 saturated carbocycles. The lowest BCUT2D eigenvalue weighted by Gasteiger charge is -2.32. The summed E-state index contributed by atoms with van der Waals surface area (Å²) in [6, 6.07) is 8.20. The molecule has 0 bridgehead atoms. The predicted molar refractivity (Wildman–Crippen MR) is 74.3 cm³/mol. The number of phenolic OH excluding ortho intramolecular Hbond substituents is 1. The van der Waals surface area contributed by atoms with Crippen LogP contribution in [0.25, 0.3) is 0 Å². The molecule has 21 heavy (non-hydrogen) atoms. The second kappa shape index (κ2) is 5.33. The molecular formula is C16H15F2NO2. The Morgan fingerprint density at radius 3 is 2.67 bits per heavy atom. The number of halogens is 2. The first kappa shape index (κ1) is 13.8. The monoisotopic (exact) mass is 291 g/mol. The molecule has 2 unspecified atom stereocenters. The molecule has 0 radical (unpaired) electrons. The SMILES string of the molecule is CNC1CC(c2cc(O)cc(F)c2)Oc2cc(F)ccc21. The van der Waals surface area contributed by atoms with E-state index in [0.717, 1.165) is 11.6 Å². The molecule has 0 saturated heterocycles. The number of phenols is 1. The van der Waals surface area contributed by atoms with E-state index in [2.05, 4.69) is 5.32 Å². The van der Waals surface area contributed by atoms with Crippen molar-refractivity contribution in [3.63, 3.8) is 0 Å². The molecule has 110 valence electrons. The molecule has 0 fully saturated rings. The van der Waals surface area contributed by atoms with Crippen LogP contribution in [-0.2, 0) is 0 Å². The van der Waals surface area contributed by atoms with Crippen molar-refractivity contribution >= 4 is 0 Å². The molecule has 1 aliphatic rings. The van der Waals surface area contributed by atoms with Crippen molar-refractivity contribution in [2.45, 2.75) is 18.6 Å². The van der Waals surface area contributed by atoms with Crippen LogP contribution < -0.4 is 10.1 Å². The fourth-order valence-corrected chi connectivity index (χ4v) is 2.70. The molecule has 0 spiro atoms. The minimum absolute atomic E-state index is 0.0234. The predicted octanol–water partition coefficient (Wildman–Crippen LogP) is 3.45. The minimum atomic E-state index is -0.528. The smallest absolute Gasteiger partial charge is 0.127 e. The Morgan fingerprint density at radius 1 is 1.14 bits per heavy atom. The van der Waals surface area contributed by atoms with Gasteiger partial charge in [-0.1, -0.05) is 6.07 Å². The second-order valence-electron chi connectivity index (χ2n) is 5.11. The molecule has 2 atom stereocenters. The average molecular weight is 291 g/mol. The first-order valence-corrected chi connectivity index (χ1v) is 6.69. The summed E-state index contributed by atoms with van der Waals surface area (Å²) in [7, 11) is 1.81. The maximum atomic E-state index is 13.4. The van der Waals surface area contributed by atoms with Crippen molar-refractivity contribution in [3.05, 3.63) is 59.2 Å². The Morgan fingerprint density at radius 2 is 1.95 bits per heavy atom. The van der Waals surface area contributed by atoms with Crippen LogP contribution in [-0.4, -0.2) is 12.2 Å². The molecule has 2 aromatic rings. The Labute approximate surface area is 121 Å². The molecule has 1 aliphatic heterocycles. The van der Waals surface area contributed by atoms with Gasteiger partial charge in [0.1, 0.15) is 29.2 Å². The summed E-state index contributed by atoms with van der Waals surface area (Å²) in [6.07, 6.45) is 0.122. The van der Waals surface area contributed by atoms with Gasteiger partial charge in [-0.2, -0.15) is 0 Å². The molecule has 2 N–H and O–H groups in total. The number of nitrogens with one attached hydrogen (secondary N) is 1. The fraction of sp³-hybridized carbons (Fsp3) is 0.250. The zero-order valence-electron chi connectivity index (χ0n) is 11.4. The highest BCUT2D eigenvalue weighted by Crippen LogP contribution is 2.41. The van der Waals surface area contributed by atoms with Gasteiger partial charge in [0.05, 0.1) is 0 Å². The second-order valence-corrected chi connectivity index (χ2v) is 5.11. The molecule has 0 amide bonds. The Hall–Kier alpha value is -2.14. The van der Waals surface area contributed by atoms with Gasteiger partial charge in [-0.25, -0.2) is 8.78 Å². The van der Waals surface area contributed by atoms with Gasteiger partial charge in [0.25, 0.3) is 0 Å². The molecule has 5 heteroatoms. The highest BCUT2D eigenvalue weighted by molar-refractivity contribution is 5.40. The van der Waals surface area contributed by atoms with Crippen LogP contribution in [0.15, 0.2) is 36.4 Å². The number of hydrogen-bond acceptors (Lipinski definition) is 3. The lowest BCUT2D eigenvalue weighted by molar-refractivity contribution is 0.152. The summed E-state index contributed by atoms with van der Waals surface area (Å²) in [5.41, 5.74) is 1.40. The van der Waals surface area contributed by atoms with Crippen LogP contribution in [0.2, 0.25) is 0 Å². The average Bonchev–Trinajstić information content (AvgIpc) is 2.44. The largest absolute Gasteiger partial charge is 0.508 e. The van der Waals surface area contributed by atoms with E-state index in [-0.39, 0.29) is 17.6 Å². The Balaban J connectivity index is 1.99. The summed E-state index contributed by atoms with van der Waals surface area (Å²) in [4.78, 5) is 0. The third-order valence-electron chi connectivity index (χ3n) is 3.70. The number of rotatable bonds is 2. The van der Waals surface area contributed by atoms with Gasteiger partial charge in [0.15, 0.2) is 0 Å². The third kappa shape index (κ3) is 2.69. The molecule has 0 aliphatic carbocycles. The van der Waals surface area contributed by atoms with Crippen molar-refractivity contribution in [1.29, 1.82) is 0 Å². The van der Waals surface area contributed by atoms with E-state index >= 15 is 0 Å². The van der Waals surface area contributed by atoms with Crippen molar-refractivity contribution in [2.75, 3.05) is 7.05 Å². The highest BCUT2D eigenvalue weighted by Gasteiger charge is 2.29. The standard InChI is InChI=1S/C16H15F2NO2/c1-19-14-8-15(9-4-11(18)6-12(20)5-9)21-16-7-10(17)2-3-13(14)16/h2-7,14-15,19-20H,8H2,1H3. The van der Waals surface area contributed by atoms with Crippen molar-refractivity contribution in [2.24, 2.45) is 0 Å². The van der Waals surface area contributed by atoms with E-state index < -0.39 is 11.9 Å². The molecule has 3 nitrogen and oxygen atoms in total. The zero-order chi connectivity index (χ0) is 15.0. The van der Waals surface area contributed by atoms with Crippen LogP contribution >= 0.6 is 0 Å². The number of hydrogen-bond donors (Lipinski definition) is 2. The molecule has 2 aromatic carbocycles. The summed E-state index contributed by atoms with van der Waals surface area (Å²) in [6.45, 7) is 0. The Kier molecular flexibility index (Phi) is 3.51. The van der Waals surface area contributed by atoms with E-state index in [1.807, 2.05) is 7.05 Å². The molecule has 0 aromatic heterocycles. The van der Waals surface area contributed by atoms with Crippen molar-refractivity contribution < 1.29 is 18.6 Å². The van der Waals surface area contributed by atoms with Gasteiger partial charge in [-0.05, 0) is 30.8 Å². The first-order chi connectivity index (χ1) is 10.1. The van der Waals surface area contributed by atoms with Gasteiger partial charge in [-0.3, -0.25) is 0 Å². The van der Waals surface area contributed by atoms with E-state index in [0.29, 0.717) is 17.7 Å². The van der Waals surface area contributed by atoms with Gasteiger partial charge < -0.3 is 15.2 Å². The highest BCUT2D eigenvalue weighted by atomic mass is 19.1. The van der Waals surface area contributed by atoms with Crippen molar-refractivity contribution in [3.8, 4) is 11.5 Å². The summed E-state index contributed by atoms with van der Waals surface area (Å²) in [5, 5.41) is 12.7. The Bertz CT molecular complexity index is 655. The van der Waals surface area contributed by atoms with E-state index in [1.165, 1.54) is 24.3 Å². The maximum absolute atomic E-state index is 13.4. The van der Waals surface area contributed by atoms with Gasteiger partial charge in [-0.15, -0.1) is 0 Å². The van der Waals surface area contributed by atoms with Crippen LogP contribution in [0.3, 0.4) is 0 Å². The maximum Gasteiger partial charge on any atom is 0.127 e. The minimum Gasteiger partial charge on any atom is -0.508 e. The zero-order valence-corrected chi connectivity index (χ0v) is 11.4. The van der Waals surface area contributed by atoms with Gasteiger partial charge >= 0.3 is 0 Å². The topological polar surface area (TPSA) is 41.5 Å². The van der Waals surface area contributed by atoms with E-state index in [1.54, 1.807) is 6.07 Å². The van der Waals surface area contributed by atoms with Crippen LogP contribution in [0.4, 0.5) is 8.78 Å². The third-order valence-corrected chi connectivity index (χ3v) is 3.70. The summed E-state index contributed by atoms with van der Waals surface area (Å²) >= 11 is 0. The number of aromatic hydroxyl groups is 1.